The molecule has 24 rings (SSSR count). The minimum absolute atomic E-state index is 0.395. The average molecular weight is 1510 g/mol. The first-order chi connectivity index (χ1) is 57.5. The lowest BCUT2D eigenvalue weighted by atomic mass is 9.68. The van der Waals surface area contributed by atoms with Crippen LogP contribution in [0.5, 0.6) is 0 Å². The molecule has 20 aromatic rings. The molecule has 1 unspecified atom stereocenters. The van der Waals surface area contributed by atoms with Crippen molar-refractivity contribution in [2.75, 3.05) is 0 Å². The second kappa shape index (κ2) is 27.2. The van der Waals surface area contributed by atoms with Crippen LogP contribution in [0.15, 0.2) is 413 Å². The quantitative estimate of drug-likeness (QED) is 0.137. The molecule has 4 nitrogen and oxygen atoms in total. The fourth-order valence-corrected chi connectivity index (χ4v) is 21.9. The summed E-state index contributed by atoms with van der Waals surface area (Å²) < 4.78 is 2.67. The van der Waals surface area contributed by atoms with Gasteiger partial charge in [0.05, 0.1) is 33.6 Å². The molecule has 1 atom stereocenters. The summed E-state index contributed by atoms with van der Waals surface area (Å²) in [6.07, 6.45) is 0. The standard InChI is InChI=1S/2C55H34N2S/c1-3-15-35(16-4-1)39-19-13-20-40(33-39)49-34-48(56-54(57-49)38-17-5-2-6-18-38)37-31-29-36(30-32-37)41-24-14-25-45-51(41)55(52-44-23-9-12-28-50(44)58-53(45)52)46-26-10-7-21-42(46)43-22-8-11-27-47(43)55;1-3-15-35(16-4-1)39-19-13-20-40(33-39)49-34-48(37-17-5-2-6-18-37)56-54(57-49)38-31-29-36(30-32-38)41-24-14-27-47-51(41)42-21-7-10-25-45(42)55(47)46-26-11-8-22-43(46)53-52(55)44-23-9-12-28-50(44)58-53/h2*1-34H. The highest BCUT2D eigenvalue weighted by molar-refractivity contribution is 7.23. The Morgan fingerprint density at radius 2 is 0.500 bits per heavy atom. The molecule has 0 aliphatic heterocycles. The second-order valence-electron chi connectivity index (χ2n) is 30.4. The van der Waals surface area contributed by atoms with Gasteiger partial charge >= 0.3 is 0 Å². The Morgan fingerprint density at radius 3 is 1.04 bits per heavy atom. The van der Waals surface area contributed by atoms with Crippen molar-refractivity contribution in [1.29, 1.82) is 0 Å². The first kappa shape index (κ1) is 67.3. The van der Waals surface area contributed by atoms with E-state index >= 15 is 0 Å². The van der Waals surface area contributed by atoms with Gasteiger partial charge in [-0.25, -0.2) is 19.9 Å². The molecule has 4 aliphatic rings. The smallest absolute Gasteiger partial charge is 0.160 e. The highest BCUT2D eigenvalue weighted by Crippen LogP contribution is 2.69. The van der Waals surface area contributed by atoms with E-state index < -0.39 is 10.8 Å². The summed E-state index contributed by atoms with van der Waals surface area (Å²) >= 11 is 3.85. The molecule has 0 bridgehead atoms. The summed E-state index contributed by atoms with van der Waals surface area (Å²) in [6, 6.07) is 149. The molecule has 16 aromatic carbocycles. The molecule has 4 aromatic heterocycles. The molecule has 4 aliphatic carbocycles. The number of benzene rings is 16. The molecule has 0 N–H and O–H groups in total. The van der Waals surface area contributed by atoms with E-state index in [0.717, 1.165) is 67.3 Å². The van der Waals surface area contributed by atoms with E-state index in [1.807, 2.05) is 46.9 Å². The summed E-state index contributed by atoms with van der Waals surface area (Å²) in [5.41, 5.74) is 37.4. The zero-order valence-corrected chi connectivity index (χ0v) is 64.5. The van der Waals surface area contributed by atoms with Crippen molar-refractivity contribution < 1.29 is 0 Å². The van der Waals surface area contributed by atoms with Gasteiger partial charge in [-0.05, 0) is 170 Å². The molecule has 0 amide bonds. The SMILES string of the molecule is c1ccc(-c2cccc(-c3cc(-c4ccc(-c5cccc6c5C5(c7ccccc7-c7ccccc75)c5c-6sc6ccccc56)cc4)nc(-c4ccccc4)n3)c2)cc1.c1ccc(-c2cccc(-c3cc(-c4ccccc4)nc(-c4ccc(-c5cccc6c5-c5ccccc5C65c6ccccc6-c6sc7ccccc7c65)cc4)n3)c2)cc1. The van der Waals surface area contributed by atoms with E-state index in [-0.39, 0.29) is 0 Å². The molecular weight excluding hydrogens is 1440 g/mol. The lowest BCUT2D eigenvalue weighted by molar-refractivity contribution is 0.803. The third-order valence-corrected chi connectivity index (χ3v) is 26.7. The molecule has 0 fully saturated rings. The molecule has 0 saturated carbocycles. The molecule has 4 heterocycles. The number of hydrogen-bond donors (Lipinski definition) is 0. The Hall–Kier alpha value is -14.4. The van der Waals surface area contributed by atoms with E-state index in [1.165, 1.54) is 141 Å². The summed E-state index contributed by atoms with van der Waals surface area (Å²) in [4.78, 5) is 23.5. The van der Waals surface area contributed by atoms with Crippen LogP contribution in [-0.4, -0.2) is 19.9 Å². The lowest BCUT2D eigenvalue weighted by Crippen LogP contribution is -2.26. The van der Waals surface area contributed by atoms with E-state index in [4.69, 9.17) is 19.9 Å². The number of aromatic nitrogens is 4. The zero-order chi connectivity index (χ0) is 76.4. The summed E-state index contributed by atoms with van der Waals surface area (Å²) in [6.45, 7) is 0. The molecule has 540 valence electrons. The van der Waals surface area contributed by atoms with Crippen LogP contribution in [0.1, 0.15) is 44.5 Å². The zero-order valence-electron chi connectivity index (χ0n) is 62.9. The Bertz CT molecular complexity index is 7260. The van der Waals surface area contributed by atoms with Crippen molar-refractivity contribution in [1.82, 2.24) is 19.9 Å². The monoisotopic (exact) mass is 1510 g/mol. The van der Waals surface area contributed by atoms with E-state index in [2.05, 4.69) is 388 Å². The molecule has 116 heavy (non-hydrogen) atoms. The van der Waals surface area contributed by atoms with Crippen LogP contribution in [0.4, 0.5) is 0 Å². The lowest BCUT2D eigenvalue weighted by Gasteiger charge is -2.32. The van der Waals surface area contributed by atoms with Gasteiger partial charge in [0.25, 0.3) is 0 Å². The number of thiophene rings is 2. The van der Waals surface area contributed by atoms with Crippen LogP contribution < -0.4 is 0 Å². The van der Waals surface area contributed by atoms with Gasteiger partial charge in [-0.1, -0.05) is 376 Å². The normalized spacial score (nSPS) is 13.8. The molecule has 2 spiro atoms. The van der Waals surface area contributed by atoms with Crippen molar-refractivity contribution >= 4 is 42.8 Å². The third kappa shape index (κ3) is 10.5. The van der Waals surface area contributed by atoms with Gasteiger partial charge in [0.1, 0.15) is 0 Å². The third-order valence-electron chi connectivity index (χ3n) is 24.3. The van der Waals surface area contributed by atoms with E-state index in [1.54, 1.807) is 0 Å². The van der Waals surface area contributed by atoms with Crippen LogP contribution in [0.25, 0.3) is 176 Å². The van der Waals surface area contributed by atoms with Gasteiger partial charge in [0.15, 0.2) is 11.6 Å². The second-order valence-corrected chi connectivity index (χ2v) is 32.6. The Labute approximate surface area is 681 Å². The fourth-order valence-electron chi connectivity index (χ4n) is 19.3. The van der Waals surface area contributed by atoms with Crippen molar-refractivity contribution in [3.63, 3.8) is 0 Å². The Kier molecular flexibility index (Phi) is 15.8. The van der Waals surface area contributed by atoms with Crippen molar-refractivity contribution in [3.8, 4) is 155 Å². The van der Waals surface area contributed by atoms with Gasteiger partial charge in [-0.15, -0.1) is 22.7 Å². The topological polar surface area (TPSA) is 51.6 Å². The van der Waals surface area contributed by atoms with Crippen molar-refractivity contribution in [2.24, 2.45) is 0 Å². The molecular formula is C110H68N4S2. The van der Waals surface area contributed by atoms with Crippen LogP contribution >= 0.6 is 22.7 Å². The van der Waals surface area contributed by atoms with Gasteiger partial charge in [-0.3, -0.25) is 0 Å². The first-order valence-electron chi connectivity index (χ1n) is 39.6. The number of nitrogens with zero attached hydrogens (tertiary/aromatic N) is 4. The minimum atomic E-state index is -0.437. The van der Waals surface area contributed by atoms with E-state index in [0.29, 0.717) is 11.6 Å². The van der Waals surface area contributed by atoms with Crippen molar-refractivity contribution in [3.05, 3.63) is 457 Å². The highest BCUT2D eigenvalue weighted by atomic mass is 32.1. The maximum absolute atomic E-state index is 5.22. The Balaban J connectivity index is 0.000000137. The van der Waals surface area contributed by atoms with Crippen molar-refractivity contribution in [2.45, 2.75) is 10.8 Å². The summed E-state index contributed by atoms with van der Waals surface area (Å²) in [5, 5.41) is 2.69. The number of hydrogen-bond acceptors (Lipinski definition) is 6. The van der Waals surface area contributed by atoms with Gasteiger partial charge in [-0.2, -0.15) is 0 Å². The average Bonchev–Trinajstić information content (AvgIpc) is 1.50. The number of fused-ring (bicyclic) bond motifs is 24. The van der Waals surface area contributed by atoms with Crippen LogP contribution in [0.2, 0.25) is 0 Å². The predicted molar refractivity (Wildman–Crippen MR) is 482 cm³/mol. The molecule has 0 saturated heterocycles. The highest BCUT2D eigenvalue weighted by Gasteiger charge is 2.56. The van der Waals surface area contributed by atoms with E-state index in [9.17, 15) is 0 Å². The van der Waals surface area contributed by atoms with Crippen LogP contribution in [0, 0.1) is 0 Å². The maximum atomic E-state index is 5.22. The molecule has 6 heteroatoms. The van der Waals surface area contributed by atoms with Gasteiger partial charge in [0.2, 0.25) is 0 Å². The summed E-state index contributed by atoms with van der Waals surface area (Å²) in [7, 11) is 0. The fraction of sp³-hybridized carbons (Fsp3) is 0.0182. The largest absolute Gasteiger partial charge is 0.228 e. The van der Waals surface area contributed by atoms with Gasteiger partial charge < -0.3 is 0 Å². The summed E-state index contributed by atoms with van der Waals surface area (Å²) in [5.74, 6) is 1.41. The minimum Gasteiger partial charge on any atom is -0.228 e. The molecule has 0 radical (unpaired) electrons. The van der Waals surface area contributed by atoms with Crippen LogP contribution in [0.3, 0.4) is 0 Å². The predicted octanol–water partition coefficient (Wildman–Crippen LogP) is 28.7. The van der Waals surface area contributed by atoms with Gasteiger partial charge in [0, 0.05) is 52.5 Å². The number of rotatable bonds is 10. The first-order valence-corrected chi connectivity index (χ1v) is 41.3. The maximum Gasteiger partial charge on any atom is 0.160 e. The Morgan fingerprint density at radius 1 is 0.181 bits per heavy atom. The van der Waals surface area contributed by atoms with Crippen LogP contribution in [-0.2, 0) is 10.8 Å².